The Labute approximate surface area is 242 Å². The van der Waals surface area contributed by atoms with E-state index in [1.54, 1.807) is 12.5 Å². The molecule has 7 nitrogen and oxygen atoms in total. The average Bonchev–Trinajstić information content (AvgIpc) is 3.49. The van der Waals surface area contributed by atoms with E-state index in [4.69, 9.17) is 0 Å². The second-order valence-corrected chi connectivity index (χ2v) is 10.9. The maximum atomic E-state index is 13.9. The van der Waals surface area contributed by atoms with Gasteiger partial charge < -0.3 is 20.7 Å². The lowest BCUT2D eigenvalue weighted by atomic mass is 9.91. The monoisotopic (exact) mass is 552 g/mol. The van der Waals surface area contributed by atoms with Gasteiger partial charge in [0, 0.05) is 24.2 Å². The first-order valence-corrected chi connectivity index (χ1v) is 14.3. The number of H-pyrrole nitrogens is 1. The number of aromatic amines is 1. The Balaban J connectivity index is 1.57. The van der Waals surface area contributed by atoms with Crippen molar-refractivity contribution in [2.45, 2.75) is 51.6 Å². The number of carbonyl (C=O) groups excluding carboxylic acids is 2. The molecule has 3 atom stereocenters. The number of hydrogen-bond donors (Lipinski definition) is 4. The van der Waals surface area contributed by atoms with E-state index in [1.807, 2.05) is 74.5 Å². The summed E-state index contributed by atoms with van der Waals surface area (Å²) in [6.07, 6.45) is 9.19. The van der Waals surface area contributed by atoms with Crippen molar-refractivity contribution in [1.29, 1.82) is 0 Å². The Morgan fingerprint density at radius 1 is 0.927 bits per heavy atom. The molecule has 0 aliphatic carbocycles. The van der Waals surface area contributed by atoms with E-state index in [0.717, 1.165) is 27.6 Å². The molecule has 0 aliphatic rings. The molecule has 41 heavy (non-hydrogen) atoms. The lowest BCUT2D eigenvalue weighted by molar-refractivity contribution is -0.131. The van der Waals surface area contributed by atoms with E-state index in [2.05, 4.69) is 44.9 Å². The first-order valence-electron chi connectivity index (χ1n) is 14.3. The van der Waals surface area contributed by atoms with Gasteiger partial charge in [-0.2, -0.15) is 0 Å². The molecule has 4 aromatic rings. The molecule has 0 spiro atoms. The van der Waals surface area contributed by atoms with Gasteiger partial charge in [-0.1, -0.05) is 98.8 Å². The molecule has 1 heterocycles. The summed E-state index contributed by atoms with van der Waals surface area (Å²) in [5, 5.41) is 18.1. The molecule has 1 aromatic heterocycles. The number of amides is 2. The largest absolute Gasteiger partial charge is 0.394 e. The Morgan fingerprint density at radius 2 is 1.68 bits per heavy atom. The van der Waals surface area contributed by atoms with Crippen LogP contribution in [-0.4, -0.2) is 45.6 Å². The van der Waals surface area contributed by atoms with Crippen LogP contribution in [0.1, 0.15) is 43.5 Å². The van der Waals surface area contributed by atoms with Crippen molar-refractivity contribution in [3.63, 3.8) is 0 Å². The fourth-order valence-electron chi connectivity index (χ4n) is 5.12. The van der Waals surface area contributed by atoms with Crippen molar-refractivity contribution >= 4 is 28.7 Å². The van der Waals surface area contributed by atoms with Crippen molar-refractivity contribution < 1.29 is 14.7 Å². The summed E-state index contributed by atoms with van der Waals surface area (Å²) < 4.78 is 0. The second-order valence-electron chi connectivity index (χ2n) is 10.9. The van der Waals surface area contributed by atoms with Gasteiger partial charge in [-0.3, -0.25) is 9.59 Å². The number of fused-ring (bicyclic) bond motifs is 1. The normalized spacial score (nSPS) is 13.8. The lowest BCUT2D eigenvalue weighted by Gasteiger charge is -2.25. The van der Waals surface area contributed by atoms with Crippen molar-refractivity contribution in [3.05, 3.63) is 108 Å². The molecule has 0 fully saturated rings. The average molecular weight is 553 g/mol. The zero-order chi connectivity index (χ0) is 29.0. The van der Waals surface area contributed by atoms with Crippen molar-refractivity contribution in [3.8, 4) is 0 Å². The number of hydrogen-bond acceptors (Lipinski definition) is 4. The minimum Gasteiger partial charge on any atom is -0.394 e. The van der Waals surface area contributed by atoms with Gasteiger partial charge in [0.05, 0.1) is 19.0 Å². The lowest BCUT2D eigenvalue weighted by Crippen LogP contribution is -2.53. The van der Waals surface area contributed by atoms with Gasteiger partial charge in [-0.15, -0.1) is 0 Å². The number of aliphatic hydroxyl groups excluding tert-OH is 1. The summed E-state index contributed by atoms with van der Waals surface area (Å²) in [4.78, 5) is 34.4. The first kappa shape index (κ1) is 29.7. The molecule has 3 aromatic carbocycles. The van der Waals surface area contributed by atoms with Gasteiger partial charge in [-0.05, 0) is 47.1 Å². The molecule has 0 saturated carbocycles. The van der Waals surface area contributed by atoms with Crippen molar-refractivity contribution in [2.75, 3.05) is 6.61 Å². The van der Waals surface area contributed by atoms with Gasteiger partial charge in [0.2, 0.25) is 11.8 Å². The summed E-state index contributed by atoms with van der Waals surface area (Å²) in [5.41, 5.74) is 2.89. The highest BCUT2D eigenvalue weighted by atomic mass is 16.3. The maximum absolute atomic E-state index is 13.9. The molecule has 0 saturated heterocycles. The summed E-state index contributed by atoms with van der Waals surface area (Å²) in [5.74, 6) is -0.618. The molecular weight excluding hydrogens is 512 g/mol. The predicted octanol–water partition coefficient (Wildman–Crippen LogP) is 5.08. The SMILES string of the molecule is CC(C)C[C@@H](CO)NC(=O)[C@H](Cc1cnc[nH]1)NC(=O)C(C/C=C\c1ccccc1)Cc1cccc2ccccc12. The summed E-state index contributed by atoms with van der Waals surface area (Å²) >= 11 is 0. The van der Waals surface area contributed by atoms with Crippen LogP contribution in [0.15, 0.2) is 91.4 Å². The van der Waals surface area contributed by atoms with Gasteiger partial charge in [0.25, 0.3) is 0 Å². The molecule has 7 heteroatoms. The number of allylic oxidation sites excluding steroid dienone is 1. The number of rotatable bonds is 14. The quantitative estimate of drug-likeness (QED) is 0.175. The van der Waals surface area contributed by atoms with Crippen LogP contribution in [-0.2, 0) is 22.4 Å². The summed E-state index contributed by atoms with van der Waals surface area (Å²) in [7, 11) is 0. The van der Waals surface area contributed by atoms with E-state index >= 15 is 0 Å². The number of nitrogens with one attached hydrogen (secondary N) is 3. The van der Waals surface area contributed by atoms with Crippen LogP contribution < -0.4 is 10.6 Å². The van der Waals surface area contributed by atoms with E-state index in [1.165, 1.54) is 0 Å². The van der Waals surface area contributed by atoms with Crippen molar-refractivity contribution in [1.82, 2.24) is 20.6 Å². The Bertz CT molecular complexity index is 1410. The molecule has 4 rings (SSSR count). The zero-order valence-electron chi connectivity index (χ0n) is 23.8. The van der Waals surface area contributed by atoms with Crippen LogP contribution in [0, 0.1) is 11.8 Å². The van der Waals surface area contributed by atoms with E-state index in [9.17, 15) is 14.7 Å². The third kappa shape index (κ3) is 8.88. The molecular formula is C34H40N4O3. The van der Waals surface area contributed by atoms with Gasteiger partial charge in [0.15, 0.2) is 0 Å². The minimum absolute atomic E-state index is 0.164. The van der Waals surface area contributed by atoms with Gasteiger partial charge in [0.1, 0.15) is 6.04 Å². The topological polar surface area (TPSA) is 107 Å². The van der Waals surface area contributed by atoms with Gasteiger partial charge >= 0.3 is 0 Å². The fourth-order valence-corrected chi connectivity index (χ4v) is 5.12. The number of aromatic nitrogens is 2. The summed E-state index contributed by atoms with van der Waals surface area (Å²) in [6.45, 7) is 3.92. The van der Waals surface area contributed by atoms with Crippen LogP contribution >= 0.6 is 0 Å². The molecule has 1 unspecified atom stereocenters. The van der Waals surface area contributed by atoms with Crippen LogP contribution in [0.5, 0.6) is 0 Å². The highest BCUT2D eigenvalue weighted by molar-refractivity contribution is 5.90. The molecule has 0 bridgehead atoms. The van der Waals surface area contributed by atoms with Crippen LogP contribution in [0.4, 0.5) is 0 Å². The smallest absolute Gasteiger partial charge is 0.243 e. The molecule has 0 radical (unpaired) electrons. The summed E-state index contributed by atoms with van der Waals surface area (Å²) in [6, 6.07) is 23.1. The molecule has 0 aliphatic heterocycles. The molecule has 214 valence electrons. The third-order valence-electron chi connectivity index (χ3n) is 7.18. The first-order chi connectivity index (χ1) is 19.9. The minimum atomic E-state index is -0.822. The number of carbonyl (C=O) groups is 2. The van der Waals surface area contributed by atoms with Crippen LogP contribution in [0.2, 0.25) is 0 Å². The number of nitrogens with zero attached hydrogens (tertiary/aromatic N) is 1. The van der Waals surface area contributed by atoms with Gasteiger partial charge in [-0.25, -0.2) is 4.98 Å². The van der Waals surface area contributed by atoms with Crippen LogP contribution in [0.25, 0.3) is 16.8 Å². The number of imidazole rings is 1. The van der Waals surface area contributed by atoms with E-state index in [-0.39, 0.29) is 30.9 Å². The Hall–Kier alpha value is -4.23. The molecule has 4 N–H and O–H groups in total. The highest BCUT2D eigenvalue weighted by Gasteiger charge is 2.28. The van der Waals surface area contributed by atoms with Crippen molar-refractivity contribution in [2.24, 2.45) is 11.8 Å². The number of benzene rings is 3. The standard InChI is InChI=1S/C34H40N4O3/c1-24(2)18-30(22-39)37-34(41)32(20-29-21-35-23-36-29)38-33(40)28(16-8-12-25-10-4-3-5-11-25)19-27-15-9-14-26-13-6-7-17-31(26)27/h3-15,17,21,23-24,28,30,32,39H,16,18-20,22H2,1-2H3,(H,35,36)(H,37,41)(H,38,40)/b12-8-/t28?,30-,32-/m0/s1. The van der Waals surface area contributed by atoms with Crippen LogP contribution in [0.3, 0.4) is 0 Å². The maximum Gasteiger partial charge on any atom is 0.243 e. The third-order valence-corrected chi connectivity index (χ3v) is 7.18. The zero-order valence-corrected chi connectivity index (χ0v) is 23.8. The molecule has 2 amide bonds. The number of aliphatic hydroxyl groups is 1. The van der Waals surface area contributed by atoms with E-state index in [0.29, 0.717) is 25.2 Å². The van der Waals surface area contributed by atoms with E-state index < -0.39 is 12.0 Å². The Morgan fingerprint density at radius 3 is 2.41 bits per heavy atom. The second kappa shape index (κ2) is 15.0. The Kier molecular flexibility index (Phi) is 10.9. The predicted molar refractivity (Wildman–Crippen MR) is 164 cm³/mol. The highest BCUT2D eigenvalue weighted by Crippen LogP contribution is 2.23. The fraction of sp³-hybridized carbons (Fsp3) is 0.324.